The molecule has 1 aliphatic rings. The monoisotopic (exact) mass is 297 g/mol. The molecule has 0 radical (unpaired) electrons. The quantitative estimate of drug-likeness (QED) is 0.673. The highest BCUT2D eigenvalue weighted by atomic mass is 32.2. The Kier molecular flexibility index (Phi) is 6.09. The van der Waals surface area contributed by atoms with Crippen molar-refractivity contribution in [3.8, 4) is 5.75 Å². The van der Waals surface area contributed by atoms with Crippen LogP contribution in [0.1, 0.15) is 16.8 Å². The van der Waals surface area contributed by atoms with Gasteiger partial charge >= 0.3 is 0 Å². The van der Waals surface area contributed by atoms with E-state index in [0.717, 1.165) is 31.7 Å². The van der Waals surface area contributed by atoms with Crippen LogP contribution in [0.15, 0.2) is 6.20 Å². The largest absolute Gasteiger partial charge is 0.506 e. The minimum Gasteiger partial charge on any atom is -0.506 e. The van der Waals surface area contributed by atoms with Gasteiger partial charge in [-0.15, -0.1) is 0 Å². The molecule has 1 fully saturated rings. The second-order valence-electron chi connectivity index (χ2n) is 4.98. The lowest BCUT2D eigenvalue weighted by molar-refractivity contribution is 0.277. The lowest BCUT2D eigenvalue weighted by atomic mass is 10.1. The summed E-state index contributed by atoms with van der Waals surface area (Å²) in [5.74, 6) is 2.64. The Morgan fingerprint density at radius 2 is 2.15 bits per heavy atom. The molecule has 0 atom stereocenters. The minimum atomic E-state index is -0.0960. The molecule has 2 heterocycles. The van der Waals surface area contributed by atoms with Crippen molar-refractivity contribution >= 4 is 11.8 Å². The SMILES string of the molecule is Cc1ncc(CO)c(CNCCN2CCSCC2)c1O. The molecule has 5 nitrogen and oxygen atoms in total. The molecular formula is C14H23N3O2S. The predicted molar refractivity (Wildman–Crippen MR) is 82.0 cm³/mol. The van der Waals surface area contributed by atoms with Crippen LogP contribution in [-0.2, 0) is 13.2 Å². The van der Waals surface area contributed by atoms with E-state index in [9.17, 15) is 10.2 Å². The molecule has 1 aromatic heterocycles. The van der Waals surface area contributed by atoms with Crippen LogP contribution in [0.25, 0.3) is 0 Å². The lowest BCUT2D eigenvalue weighted by Gasteiger charge is -2.26. The highest BCUT2D eigenvalue weighted by Crippen LogP contribution is 2.23. The zero-order chi connectivity index (χ0) is 14.4. The van der Waals surface area contributed by atoms with Crippen LogP contribution in [0.4, 0.5) is 0 Å². The van der Waals surface area contributed by atoms with Crippen molar-refractivity contribution in [2.24, 2.45) is 0 Å². The Morgan fingerprint density at radius 1 is 1.40 bits per heavy atom. The predicted octanol–water partition coefficient (Wildman–Crippen LogP) is 0.726. The number of aryl methyl sites for hydroxylation is 1. The summed E-state index contributed by atoms with van der Waals surface area (Å²) >= 11 is 2.01. The lowest BCUT2D eigenvalue weighted by Crippen LogP contribution is -2.37. The molecule has 0 saturated carbocycles. The number of aliphatic hydroxyl groups is 1. The highest BCUT2D eigenvalue weighted by molar-refractivity contribution is 7.99. The van der Waals surface area contributed by atoms with Gasteiger partial charge in [0.25, 0.3) is 0 Å². The molecule has 112 valence electrons. The molecule has 1 aromatic rings. The van der Waals surface area contributed by atoms with E-state index >= 15 is 0 Å². The number of hydrogen-bond acceptors (Lipinski definition) is 6. The number of nitrogens with one attached hydrogen (secondary N) is 1. The molecule has 0 aliphatic carbocycles. The summed E-state index contributed by atoms with van der Waals surface area (Å²) in [6.45, 7) is 6.47. The van der Waals surface area contributed by atoms with Gasteiger partial charge in [-0.2, -0.15) is 11.8 Å². The molecular weight excluding hydrogens is 274 g/mol. The van der Waals surface area contributed by atoms with Crippen molar-refractivity contribution < 1.29 is 10.2 Å². The average molecular weight is 297 g/mol. The average Bonchev–Trinajstić information content (AvgIpc) is 2.49. The van der Waals surface area contributed by atoms with Crippen LogP contribution in [0, 0.1) is 6.92 Å². The van der Waals surface area contributed by atoms with Gasteiger partial charge in [0.05, 0.1) is 12.3 Å². The Labute approximate surface area is 124 Å². The molecule has 0 spiro atoms. The third-order valence-electron chi connectivity index (χ3n) is 3.61. The minimum absolute atomic E-state index is 0.0960. The van der Waals surface area contributed by atoms with Gasteiger partial charge in [-0.3, -0.25) is 4.98 Å². The summed E-state index contributed by atoms with van der Waals surface area (Å²) in [6, 6.07) is 0. The van der Waals surface area contributed by atoms with E-state index in [4.69, 9.17) is 0 Å². The first-order chi connectivity index (χ1) is 9.72. The third-order valence-corrected chi connectivity index (χ3v) is 4.55. The molecule has 0 aromatic carbocycles. The van der Waals surface area contributed by atoms with Crippen molar-refractivity contribution in [1.29, 1.82) is 0 Å². The number of pyridine rings is 1. The number of aromatic nitrogens is 1. The highest BCUT2D eigenvalue weighted by Gasteiger charge is 2.12. The first kappa shape index (κ1) is 15.6. The number of hydrogen-bond donors (Lipinski definition) is 3. The summed E-state index contributed by atoms with van der Waals surface area (Å²) < 4.78 is 0. The molecule has 1 saturated heterocycles. The maximum absolute atomic E-state index is 10.0. The van der Waals surface area contributed by atoms with Crippen molar-refractivity contribution in [3.05, 3.63) is 23.0 Å². The first-order valence-corrected chi connectivity index (χ1v) is 8.16. The summed E-state index contributed by atoms with van der Waals surface area (Å²) in [5.41, 5.74) is 2.05. The summed E-state index contributed by atoms with van der Waals surface area (Å²) in [4.78, 5) is 6.52. The van der Waals surface area contributed by atoms with Gasteiger partial charge < -0.3 is 20.4 Å². The van der Waals surface area contributed by atoms with Crippen molar-refractivity contribution in [1.82, 2.24) is 15.2 Å². The molecule has 2 rings (SSSR count). The number of aliphatic hydroxyl groups excluding tert-OH is 1. The molecule has 0 bridgehead atoms. The number of thioether (sulfide) groups is 1. The number of rotatable bonds is 6. The molecule has 0 unspecified atom stereocenters. The maximum atomic E-state index is 10.0. The van der Waals surface area contributed by atoms with Crippen LogP contribution in [0.3, 0.4) is 0 Å². The van der Waals surface area contributed by atoms with Gasteiger partial charge in [0.15, 0.2) is 0 Å². The van der Waals surface area contributed by atoms with Crippen LogP contribution in [0.2, 0.25) is 0 Å². The van der Waals surface area contributed by atoms with E-state index in [0.29, 0.717) is 17.8 Å². The van der Waals surface area contributed by atoms with E-state index in [1.807, 2.05) is 11.8 Å². The van der Waals surface area contributed by atoms with E-state index < -0.39 is 0 Å². The van der Waals surface area contributed by atoms with Crippen molar-refractivity contribution in [3.63, 3.8) is 0 Å². The van der Waals surface area contributed by atoms with Crippen molar-refractivity contribution in [2.75, 3.05) is 37.7 Å². The van der Waals surface area contributed by atoms with Crippen molar-refractivity contribution in [2.45, 2.75) is 20.1 Å². The smallest absolute Gasteiger partial charge is 0.141 e. The first-order valence-electron chi connectivity index (χ1n) is 7.00. The molecule has 0 amide bonds. The van der Waals surface area contributed by atoms with Crippen LogP contribution >= 0.6 is 11.8 Å². The Morgan fingerprint density at radius 3 is 2.85 bits per heavy atom. The Balaban J connectivity index is 1.82. The van der Waals surface area contributed by atoms with Crippen LogP contribution in [0.5, 0.6) is 5.75 Å². The molecule has 1 aliphatic heterocycles. The normalized spacial score (nSPS) is 16.5. The van der Waals surface area contributed by atoms with Gasteiger partial charge in [-0.1, -0.05) is 0 Å². The second kappa shape index (κ2) is 7.83. The number of aromatic hydroxyl groups is 1. The van der Waals surface area contributed by atoms with Gasteiger partial charge in [0.2, 0.25) is 0 Å². The topological polar surface area (TPSA) is 68.6 Å². The second-order valence-corrected chi connectivity index (χ2v) is 6.21. The fraction of sp³-hybridized carbons (Fsp3) is 0.643. The van der Waals surface area contributed by atoms with Gasteiger partial charge in [0.1, 0.15) is 5.75 Å². The summed E-state index contributed by atoms with van der Waals surface area (Å²) in [7, 11) is 0. The zero-order valence-electron chi connectivity index (χ0n) is 11.9. The van der Waals surface area contributed by atoms with Gasteiger partial charge in [-0.25, -0.2) is 0 Å². The molecule has 20 heavy (non-hydrogen) atoms. The van der Waals surface area contributed by atoms with E-state index in [1.54, 1.807) is 13.1 Å². The Hall–Kier alpha value is -0.820. The summed E-state index contributed by atoms with van der Waals surface area (Å²) in [6.07, 6.45) is 1.63. The fourth-order valence-corrected chi connectivity index (χ4v) is 3.27. The molecule has 6 heteroatoms. The number of nitrogens with zero attached hydrogens (tertiary/aromatic N) is 2. The zero-order valence-corrected chi connectivity index (χ0v) is 12.7. The Bertz CT molecular complexity index is 437. The van der Waals surface area contributed by atoms with Crippen LogP contribution < -0.4 is 5.32 Å². The van der Waals surface area contributed by atoms with E-state index in [2.05, 4.69) is 15.2 Å². The maximum Gasteiger partial charge on any atom is 0.141 e. The third kappa shape index (κ3) is 4.09. The fourth-order valence-electron chi connectivity index (χ4n) is 2.29. The van der Waals surface area contributed by atoms with E-state index in [1.165, 1.54) is 11.5 Å². The van der Waals surface area contributed by atoms with Crippen LogP contribution in [-0.4, -0.2) is 57.8 Å². The van der Waals surface area contributed by atoms with Gasteiger partial charge in [-0.05, 0) is 6.92 Å². The molecule has 3 N–H and O–H groups in total. The standard InChI is InChI=1S/C14H23N3O2S/c1-11-14(19)13(12(10-18)8-16-11)9-15-2-3-17-4-6-20-7-5-17/h8,15,18-19H,2-7,9-10H2,1H3. The van der Waals surface area contributed by atoms with Gasteiger partial charge in [0, 0.05) is 61.6 Å². The van der Waals surface area contributed by atoms with E-state index in [-0.39, 0.29) is 12.4 Å². The summed E-state index contributed by atoms with van der Waals surface area (Å²) in [5, 5.41) is 22.7.